The van der Waals surface area contributed by atoms with E-state index in [9.17, 15) is 0 Å². The van der Waals surface area contributed by atoms with Gasteiger partial charge in [-0.1, -0.05) is 30.2 Å². The monoisotopic (exact) mass is 381 g/mol. The van der Waals surface area contributed by atoms with E-state index in [1.807, 2.05) is 40.6 Å². The molecule has 0 atom stereocenters. The van der Waals surface area contributed by atoms with Crippen LogP contribution in [0, 0.1) is 4.77 Å². The summed E-state index contributed by atoms with van der Waals surface area (Å²) in [6.45, 7) is 3.58. The molecule has 1 aromatic carbocycles. The third-order valence-corrected chi connectivity index (χ3v) is 5.56. The van der Waals surface area contributed by atoms with Gasteiger partial charge in [-0.25, -0.2) is 0 Å². The number of quaternary nitrogens is 1. The number of nitrogens with one attached hydrogen (secondary N) is 1. The number of benzene rings is 1. The summed E-state index contributed by atoms with van der Waals surface area (Å²) in [7, 11) is 1.94. The Morgan fingerprint density at radius 1 is 1.16 bits per heavy atom. The summed E-state index contributed by atoms with van der Waals surface area (Å²) in [4.78, 5) is 1.56. The molecule has 1 aromatic heterocycles. The maximum absolute atomic E-state index is 6.14. The van der Waals surface area contributed by atoms with Crippen LogP contribution in [0.5, 0.6) is 5.75 Å². The molecular formula is C18H26ClN4OS+. The Hall–Kier alpha value is -1.37. The number of rotatable bonds is 5. The fraction of sp³-hybridized carbons (Fsp3) is 0.556. The number of para-hydroxylation sites is 1. The third kappa shape index (κ3) is 4.84. The van der Waals surface area contributed by atoms with Crippen LogP contribution in [0.4, 0.5) is 0 Å². The zero-order chi connectivity index (χ0) is 17.6. The lowest BCUT2D eigenvalue weighted by molar-refractivity contribution is -0.924. The van der Waals surface area contributed by atoms with E-state index in [1.165, 1.54) is 45.2 Å². The molecule has 1 aliphatic rings. The molecule has 1 aliphatic heterocycles. The lowest BCUT2D eigenvalue weighted by Crippen LogP contribution is -3.11. The molecule has 0 radical (unpaired) electrons. The second kappa shape index (κ2) is 8.83. The molecule has 0 unspecified atom stereocenters. The minimum absolute atomic E-state index is 0.353. The van der Waals surface area contributed by atoms with Crippen molar-refractivity contribution in [1.82, 2.24) is 14.3 Å². The van der Waals surface area contributed by atoms with Crippen LogP contribution in [-0.2, 0) is 20.3 Å². The molecule has 0 aliphatic carbocycles. The van der Waals surface area contributed by atoms with Gasteiger partial charge in [0.25, 0.3) is 0 Å². The molecule has 7 heteroatoms. The summed E-state index contributed by atoms with van der Waals surface area (Å²) < 4.78 is 10.4. The van der Waals surface area contributed by atoms with Crippen molar-refractivity contribution in [3.8, 4) is 5.75 Å². The van der Waals surface area contributed by atoms with E-state index in [0.717, 1.165) is 17.3 Å². The van der Waals surface area contributed by atoms with Gasteiger partial charge in [-0.2, -0.15) is 4.68 Å². The van der Waals surface area contributed by atoms with Crippen molar-refractivity contribution in [3.05, 3.63) is 39.9 Å². The number of aromatic nitrogens is 3. The molecule has 2 aromatic rings. The van der Waals surface area contributed by atoms with Crippen molar-refractivity contribution >= 4 is 23.8 Å². The first kappa shape index (κ1) is 18.4. The number of hydrogen-bond acceptors (Lipinski definition) is 3. The molecule has 1 saturated heterocycles. The lowest BCUT2D eigenvalue weighted by Gasteiger charge is -2.21. The van der Waals surface area contributed by atoms with Gasteiger partial charge in [0.15, 0.2) is 12.5 Å². The summed E-state index contributed by atoms with van der Waals surface area (Å²) in [5, 5.41) is 5.29. The maximum atomic E-state index is 6.14. The highest BCUT2D eigenvalue weighted by molar-refractivity contribution is 7.71. The van der Waals surface area contributed by atoms with Crippen LogP contribution < -0.4 is 9.64 Å². The minimum atomic E-state index is 0.353. The molecule has 0 spiro atoms. The normalized spacial score (nSPS) is 16.4. The first-order valence-electron chi connectivity index (χ1n) is 8.99. The topological polar surface area (TPSA) is 36.4 Å². The highest BCUT2D eigenvalue weighted by Gasteiger charge is 2.16. The Morgan fingerprint density at radius 3 is 2.56 bits per heavy atom. The van der Waals surface area contributed by atoms with Gasteiger partial charge in [-0.3, -0.25) is 0 Å². The van der Waals surface area contributed by atoms with Gasteiger partial charge >= 0.3 is 0 Å². The number of halogens is 1. The van der Waals surface area contributed by atoms with Crippen LogP contribution >= 0.6 is 23.8 Å². The zero-order valence-electron chi connectivity index (χ0n) is 14.7. The molecule has 2 heterocycles. The van der Waals surface area contributed by atoms with Gasteiger partial charge in [0.2, 0.25) is 4.77 Å². The number of ether oxygens (including phenoxy) is 1. The van der Waals surface area contributed by atoms with Crippen molar-refractivity contribution in [3.63, 3.8) is 0 Å². The van der Waals surface area contributed by atoms with Crippen molar-refractivity contribution < 1.29 is 9.64 Å². The highest BCUT2D eigenvalue weighted by atomic mass is 35.5. The SMILES string of the molecule is Cn1c(COc2ccccc2Cl)nn(C[NH+]2CCCCCCC2)c1=S. The molecule has 0 bridgehead atoms. The second-order valence-corrected chi connectivity index (χ2v) is 7.42. The Bertz CT molecular complexity index is 750. The van der Waals surface area contributed by atoms with Crippen molar-refractivity contribution in [1.29, 1.82) is 0 Å². The van der Waals surface area contributed by atoms with Crippen LogP contribution in [-0.4, -0.2) is 27.4 Å². The first-order chi connectivity index (χ1) is 12.1. The van der Waals surface area contributed by atoms with Crippen LogP contribution in [0.2, 0.25) is 5.02 Å². The Kier molecular flexibility index (Phi) is 6.51. The summed E-state index contributed by atoms with van der Waals surface area (Å²) in [5.41, 5.74) is 0. The molecule has 136 valence electrons. The molecule has 1 fully saturated rings. The van der Waals surface area contributed by atoms with E-state index in [2.05, 4.69) is 5.10 Å². The highest BCUT2D eigenvalue weighted by Crippen LogP contribution is 2.23. The Morgan fingerprint density at radius 2 is 1.84 bits per heavy atom. The molecule has 0 saturated carbocycles. The Labute approximate surface area is 159 Å². The summed E-state index contributed by atoms with van der Waals surface area (Å²) in [6.07, 6.45) is 6.64. The van der Waals surface area contributed by atoms with E-state index in [4.69, 9.17) is 28.6 Å². The summed E-state index contributed by atoms with van der Waals surface area (Å²) in [5.74, 6) is 1.48. The van der Waals surface area contributed by atoms with E-state index < -0.39 is 0 Å². The van der Waals surface area contributed by atoms with Crippen LogP contribution in [0.25, 0.3) is 0 Å². The average Bonchev–Trinajstić information content (AvgIpc) is 2.84. The fourth-order valence-corrected chi connectivity index (χ4v) is 3.64. The standard InChI is InChI=1S/C18H25ClN4OS/c1-21-17(13-24-16-10-6-5-9-15(16)19)20-23(18(21)25)14-22-11-7-3-2-4-8-12-22/h5-6,9-10H,2-4,7-8,11-14H2,1H3/p+1. The van der Waals surface area contributed by atoms with Gasteiger partial charge in [0, 0.05) is 7.05 Å². The maximum Gasteiger partial charge on any atom is 0.202 e. The zero-order valence-corrected chi connectivity index (χ0v) is 16.3. The number of likely N-dealkylation sites (tertiary alicyclic amines) is 1. The summed E-state index contributed by atoms with van der Waals surface area (Å²) >= 11 is 11.7. The molecular weight excluding hydrogens is 356 g/mol. The molecule has 0 amide bonds. The van der Waals surface area contributed by atoms with Crippen LogP contribution in [0.3, 0.4) is 0 Å². The third-order valence-electron chi connectivity index (χ3n) is 4.76. The molecule has 25 heavy (non-hydrogen) atoms. The average molecular weight is 382 g/mol. The largest absolute Gasteiger partial charge is 0.484 e. The Balaban J connectivity index is 1.67. The van der Waals surface area contributed by atoms with E-state index >= 15 is 0 Å². The smallest absolute Gasteiger partial charge is 0.202 e. The molecule has 5 nitrogen and oxygen atoms in total. The number of hydrogen-bond donors (Lipinski definition) is 1. The van der Waals surface area contributed by atoms with Gasteiger partial charge in [-0.05, 0) is 50.0 Å². The van der Waals surface area contributed by atoms with Crippen molar-refractivity contribution in [2.75, 3.05) is 13.1 Å². The lowest BCUT2D eigenvalue weighted by atomic mass is 10.1. The molecule has 3 rings (SSSR count). The first-order valence-corrected chi connectivity index (χ1v) is 9.77. The van der Waals surface area contributed by atoms with Gasteiger partial charge in [0.1, 0.15) is 12.4 Å². The van der Waals surface area contributed by atoms with E-state index in [-0.39, 0.29) is 0 Å². The van der Waals surface area contributed by atoms with Crippen molar-refractivity contribution in [2.45, 2.75) is 45.4 Å². The van der Waals surface area contributed by atoms with Gasteiger partial charge in [-0.15, -0.1) is 5.10 Å². The summed E-state index contributed by atoms with van der Waals surface area (Å²) in [6, 6.07) is 7.47. The number of nitrogens with zero attached hydrogens (tertiary/aromatic N) is 3. The van der Waals surface area contributed by atoms with E-state index in [1.54, 1.807) is 4.90 Å². The van der Waals surface area contributed by atoms with Crippen LogP contribution in [0.15, 0.2) is 24.3 Å². The molecule has 1 N–H and O–H groups in total. The van der Waals surface area contributed by atoms with Crippen molar-refractivity contribution in [2.24, 2.45) is 7.05 Å². The quantitative estimate of drug-likeness (QED) is 0.809. The van der Waals surface area contributed by atoms with E-state index in [0.29, 0.717) is 17.4 Å². The van der Waals surface area contributed by atoms with Gasteiger partial charge < -0.3 is 14.2 Å². The fourth-order valence-electron chi connectivity index (χ4n) is 3.24. The van der Waals surface area contributed by atoms with Gasteiger partial charge in [0.05, 0.1) is 18.1 Å². The second-order valence-electron chi connectivity index (χ2n) is 6.65. The predicted octanol–water partition coefficient (Wildman–Crippen LogP) is 2.99. The minimum Gasteiger partial charge on any atom is -0.484 e. The van der Waals surface area contributed by atoms with Crippen LogP contribution in [0.1, 0.15) is 37.9 Å². The predicted molar refractivity (Wildman–Crippen MR) is 102 cm³/mol.